The van der Waals surface area contributed by atoms with E-state index in [-0.39, 0.29) is 29.3 Å². The van der Waals surface area contributed by atoms with Gasteiger partial charge < -0.3 is 9.88 Å². The Morgan fingerprint density at radius 2 is 2.20 bits per heavy atom. The van der Waals surface area contributed by atoms with Crippen molar-refractivity contribution >= 4 is 23.5 Å². The first-order chi connectivity index (χ1) is 11.9. The first kappa shape index (κ1) is 17.3. The van der Waals surface area contributed by atoms with Crippen molar-refractivity contribution in [2.75, 3.05) is 11.1 Å². The highest BCUT2D eigenvalue weighted by Crippen LogP contribution is 2.36. The third-order valence-corrected chi connectivity index (χ3v) is 4.99. The fourth-order valence-corrected chi connectivity index (χ4v) is 3.55. The van der Waals surface area contributed by atoms with Gasteiger partial charge in [-0.1, -0.05) is 23.9 Å². The maximum Gasteiger partial charge on any atom is 0.279 e. The summed E-state index contributed by atoms with van der Waals surface area (Å²) in [5.74, 6) is -1.84. The van der Waals surface area contributed by atoms with E-state index in [4.69, 9.17) is 0 Å². The number of thioether (sulfide) groups is 1. The van der Waals surface area contributed by atoms with Crippen LogP contribution in [0.15, 0.2) is 40.8 Å². The molecule has 1 atom stereocenters. The van der Waals surface area contributed by atoms with Gasteiger partial charge in [-0.05, 0) is 11.6 Å². The number of nitrogens with zero attached hydrogens (tertiary/aromatic N) is 2. The van der Waals surface area contributed by atoms with Crippen LogP contribution in [0.2, 0.25) is 0 Å². The lowest BCUT2D eigenvalue weighted by molar-refractivity contribution is -0.116. The van der Waals surface area contributed by atoms with Crippen LogP contribution in [0.5, 0.6) is 0 Å². The molecule has 1 aromatic heterocycles. The Kier molecular flexibility index (Phi) is 4.71. The number of carbonyl (C=O) groups excluding carboxylic acids is 1. The Bertz CT molecular complexity index is 927. The summed E-state index contributed by atoms with van der Waals surface area (Å²) >= 11 is 1.30. The minimum Gasteiger partial charge on any atom is -0.312 e. The van der Waals surface area contributed by atoms with Gasteiger partial charge in [0.2, 0.25) is 5.91 Å². The van der Waals surface area contributed by atoms with Gasteiger partial charge in [-0.2, -0.15) is 4.98 Å². The molecular formula is C17H15F2N3O2S. The van der Waals surface area contributed by atoms with Crippen LogP contribution in [0, 0.1) is 11.6 Å². The summed E-state index contributed by atoms with van der Waals surface area (Å²) in [5, 5.41) is 3.09. The maximum absolute atomic E-state index is 14.2. The average molecular weight is 363 g/mol. The van der Waals surface area contributed by atoms with Gasteiger partial charge in [0.05, 0.1) is 5.56 Å². The zero-order valence-corrected chi connectivity index (χ0v) is 14.2. The lowest BCUT2D eigenvalue weighted by Gasteiger charge is -2.27. The number of rotatable bonds is 4. The lowest BCUT2D eigenvalue weighted by Crippen LogP contribution is -2.33. The van der Waals surface area contributed by atoms with Crippen molar-refractivity contribution in [1.82, 2.24) is 9.55 Å². The minimum atomic E-state index is -0.811. The first-order valence-corrected chi connectivity index (χ1v) is 8.50. The molecule has 1 N–H and O–H groups in total. The van der Waals surface area contributed by atoms with E-state index in [2.05, 4.69) is 16.9 Å². The molecule has 3 rings (SSSR count). The highest BCUT2D eigenvalue weighted by Gasteiger charge is 2.33. The Morgan fingerprint density at radius 3 is 2.88 bits per heavy atom. The largest absolute Gasteiger partial charge is 0.312 e. The summed E-state index contributed by atoms with van der Waals surface area (Å²) in [6.07, 6.45) is 1.57. The van der Waals surface area contributed by atoms with Crippen LogP contribution in [0.3, 0.4) is 0 Å². The normalized spacial score (nSPS) is 16.3. The molecule has 1 unspecified atom stereocenters. The smallest absolute Gasteiger partial charge is 0.279 e. The summed E-state index contributed by atoms with van der Waals surface area (Å²) in [5.41, 5.74) is -0.230. The zero-order valence-electron chi connectivity index (χ0n) is 13.4. The van der Waals surface area contributed by atoms with Crippen molar-refractivity contribution in [3.63, 3.8) is 0 Å². The van der Waals surface area contributed by atoms with Crippen molar-refractivity contribution in [3.05, 3.63) is 64.0 Å². The van der Waals surface area contributed by atoms with Crippen LogP contribution in [0.1, 0.15) is 23.5 Å². The van der Waals surface area contributed by atoms with E-state index in [0.717, 1.165) is 12.1 Å². The van der Waals surface area contributed by atoms with Crippen LogP contribution in [0.25, 0.3) is 0 Å². The number of carbonyl (C=O) groups is 1. The van der Waals surface area contributed by atoms with Crippen molar-refractivity contribution < 1.29 is 13.6 Å². The molecule has 1 aromatic carbocycles. The van der Waals surface area contributed by atoms with Gasteiger partial charge in [0.1, 0.15) is 17.5 Å². The second-order valence-electron chi connectivity index (χ2n) is 5.59. The lowest BCUT2D eigenvalue weighted by atomic mass is 9.86. The van der Waals surface area contributed by atoms with Crippen LogP contribution >= 0.6 is 11.8 Å². The molecule has 0 radical (unpaired) electrons. The molecule has 0 spiro atoms. The second-order valence-corrected chi connectivity index (χ2v) is 6.58. The van der Waals surface area contributed by atoms with Gasteiger partial charge in [-0.15, -0.1) is 6.58 Å². The predicted octanol–water partition coefficient (Wildman–Crippen LogP) is 2.81. The zero-order chi connectivity index (χ0) is 18.1. The van der Waals surface area contributed by atoms with Crippen LogP contribution in [0.4, 0.5) is 14.6 Å². The standard InChI is InChI=1S/C17H15F2N3O2S/c1-3-6-25-17-21-16(24)14-11(8-13(23)20-15(14)22(17)2)10-5-4-9(18)7-12(10)19/h3-5,7,11H,1,6,8H2,2H3,(H,20,23). The van der Waals surface area contributed by atoms with E-state index in [1.54, 1.807) is 17.7 Å². The number of aromatic nitrogens is 2. The summed E-state index contributed by atoms with van der Waals surface area (Å²) < 4.78 is 29.0. The van der Waals surface area contributed by atoms with E-state index in [1.165, 1.54) is 17.8 Å². The number of nitrogens with one attached hydrogen (secondary N) is 1. The topological polar surface area (TPSA) is 64.0 Å². The molecule has 2 heterocycles. The molecular weight excluding hydrogens is 348 g/mol. The van der Waals surface area contributed by atoms with Gasteiger partial charge in [0.15, 0.2) is 5.16 Å². The van der Waals surface area contributed by atoms with Crippen LogP contribution < -0.4 is 10.9 Å². The van der Waals surface area contributed by atoms with Crippen molar-refractivity contribution in [1.29, 1.82) is 0 Å². The van der Waals surface area contributed by atoms with E-state index >= 15 is 0 Å². The molecule has 2 aromatic rings. The second kappa shape index (κ2) is 6.79. The third-order valence-electron chi connectivity index (χ3n) is 3.97. The Hall–Kier alpha value is -2.48. The number of halogens is 2. The molecule has 130 valence electrons. The van der Waals surface area contributed by atoms with E-state index < -0.39 is 23.1 Å². The highest BCUT2D eigenvalue weighted by molar-refractivity contribution is 7.99. The van der Waals surface area contributed by atoms with Crippen LogP contribution in [-0.4, -0.2) is 21.2 Å². The quantitative estimate of drug-likeness (QED) is 0.515. The highest BCUT2D eigenvalue weighted by atomic mass is 32.2. The van der Waals surface area contributed by atoms with E-state index in [1.807, 2.05) is 0 Å². The Labute approximate surface area is 146 Å². The molecule has 0 saturated heterocycles. The van der Waals surface area contributed by atoms with E-state index in [0.29, 0.717) is 10.9 Å². The molecule has 25 heavy (non-hydrogen) atoms. The molecule has 8 heteroatoms. The molecule has 5 nitrogen and oxygen atoms in total. The fourth-order valence-electron chi connectivity index (χ4n) is 2.85. The van der Waals surface area contributed by atoms with Gasteiger partial charge >= 0.3 is 0 Å². The maximum atomic E-state index is 14.2. The SMILES string of the molecule is C=CCSc1nc(=O)c2c(n1C)NC(=O)CC2c1ccc(F)cc1F. The van der Waals surface area contributed by atoms with Gasteiger partial charge in [0.25, 0.3) is 5.56 Å². The van der Waals surface area contributed by atoms with Gasteiger partial charge in [0, 0.05) is 31.2 Å². The average Bonchev–Trinajstić information content (AvgIpc) is 2.56. The summed E-state index contributed by atoms with van der Waals surface area (Å²) in [4.78, 5) is 28.7. The molecule has 0 fully saturated rings. The van der Waals surface area contributed by atoms with Crippen molar-refractivity contribution in [3.8, 4) is 0 Å². The van der Waals surface area contributed by atoms with Crippen LogP contribution in [-0.2, 0) is 11.8 Å². The number of anilines is 1. The van der Waals surface area contributed by atoms with Crippen molar-refractivity contribution in [2.24, 2.45) is 7.05 Å². The monoisotopic (exact) mass is 363 g/mol. The third kappa shape index (κ3) is 3.21. The van der Waals surface area contributed by atoms with Gasteiger partial charge in [-0.3, -0.25) is 9.59 Å². The number of hydrogen-bond acceptors (Lipinski definition) is 4. The number of amides is 1. The molecule has 1 aliphatic heterocycles. The summed E-state index contributed by atoms with van der Waals surface area (Å²) in [7, 11) is 1.67. The van der Waals surface area contributed by atoms with Gasteiger partial charge in [-0.25, -0.2) is 8.78 Å². The number of hydrogen-bond donors (Lipinski definition) is 1. The molecule has 1 amide bonds. The molecule has 0 aliphatic carbocycles. The Balaban J connectivity index is 2.18. The first-order valence-electron chi connectivity index (χ1n) is 7.51. The van der Waals surface area contributed by atoms with Crippen molar-refractivity contribution in [2.45, 2.75) is 17.5 Å². The molecule has 0 saturated carbocycles. The number of benzene rings is 1. The predicted molar refractivity (Wildman–Crippen MR) is 91.8 cm³/mol. The van der Waals surface area contributed by atoms with E-state index in [9.17, 15) is 18.4 Å². The molecule has 1 aliphatic rings. The summed E-state index contributed by atoms with van der Waals surface area (Å²) in [6, 6.07) is 3.11. The number of fused-ring (bicyclic) bond motifs is 1. The molecule has 0 bridgehead atoms. The Morgan fingerprint density at radius 1 is 1.44 bits per heavy atom. The fraction of sp³-hybridized carbons (Fsp3) is 0.235. The minimum absolute atomic E-state index is 0.0999. The summed E-state index contributed by atoms with van der Waals surface area (Å²) in [6.45, 7) is 3.62.